The van der Waals surface area contributed by atoms with E-state index < -0.39 is 30.6 Å². The van der Waals surface area contributed by atoms with Crippen LogP contribution in [0.4, 0.5) is 4.39 Å². The van der Waals surface area contributed by atoms with Crippen molar-refractivity contribution in [1.29, 1.82) is 0 Å². The molecule has 0 aliphatic heterocycles. The Hall–Kier alpha value is -0.990. The zero-order chi connectivity index (χ0) is 16.3. The van der Waals surface area contributed by atoms with Crippen molar-refractivity contribution in [3.63, 3.8) is 0 Å². The third-order valence-corrected chi connectivity index (χ3v) is 5.46. The van der Waals surface area contributed by atoms with Gasteiger partial charge in [-0.25, -0.2) is 25.9 Å². The molecule has 8 heteroatoms. The second-order valence-corrected chi connectivity index (χ2v) is 9.05. The quantitative estimate of drug-likeness (QED) is 0.609. The van der Waals surface area contributed by atoms with Crippen LogP contribution in [0.2, 0.25) is 0 Å². The molecule has 0 aliphatic carbocycles. The summed E-state index contributed by atoms with van der Waals surface area (Å²) < 4.78 is 62.9. The van der Waals surface area contributed by atoms with Crippen LogP contribution in [0.1, 0.15) is 26.7 Å². The van der Waals surface area contributed by atoms with Gasteiger partial charge in [0.25, 0.3) is 0 Å². The number of sulfonamides is 1. The number of sulfone groups is 1. The maximum absolute atomic E-state index is 13.7. The molecule has 21 heavy (non-hydrogen) atoms. The lowest BCUT2D eigenvalue weighted by Gasteiger charge is -2.10. The Labute approximate surface area is 125 Å². The van der Waals surface area contributed by atoms with Gasteiger partial charge in [-0.05, 0) is 37.0 Å². The van der Waals surface area contributed by atoms with Crippen LogP contribution in [0.15, 0.2) is 28.0 Å². The van der Waals surface area contributed by atoms with Crippen LogP contribution in [0.5, 0.6) is 0 Å². The van der Waals surface area contributed by atoms with Gasteiger partial charge in [0.15, 0.2) is 9.84 Å². The van der Waals surface area contributed by atoms with E-state index in [1.165, 1.54) is 0 Å². The second-order valence-electron chi connectivity index (χ2n) is 5.30. The topological polar surface area (TPSA) is 80.3 Å². The summed E-state index contributed by atoms with van der Waals surface area (Å²) in [6.45, 7) is 4.22. The Kier molecular flexibility index (Phi) is 5.89. The van der Waals surface area contributed by atoms with Gasteiger partial charge in [-0.1, -0.05) is 13.8 Å². The van der Waals surface area contributed by atoms with Gasteiger partial charge in [0, 0.05) is 12.8 Å². The molecule has 0 aromatic heterocycles. The molecule has 1 aromatic carbocycles. The Bertz CT molecular complexity index is 697. The second kappa shape index (κ2) is 6.85. The molecule has 1 N–H and O–H groups in total. The van der Waals surface area contributed by atoms with E-state index in [4.69, 9.17) is 0 Å². The molecule has 0 unspecified atom stereocenters. The molecule has 5 nitrogen and oxygen atoms in total. The Morgan fingerprint density at radius 2 is 1.81 bits per heavy atom. The summed E-state index contributed by atoms with van der Waals surface area (Å²) in [7, 11) is -7.66. The predicted molar refractivity (Wildman–Crippen MR) is 78.8 cm³/mol. The van der Waals surface area contributed by atoms with E-state index in [0.29, 0.717) is 12.3 Å². The van der Waals surface area contributed by atoms with Crippen LogP contribution in [-0.4, -0.2) is 29.6 Å². The fraction of sp³-hybridized carbons (Fsp3) is 0.538. The average molecular weight is 337 g/mol. The van der Waals surface area contributed by atoms with Crippen molar-refractivity contribution in [2.75, 3.05) is 12.8 Å². The first-order valence-corrected chi connectivity index (χ1v) is 9.91. The van der Waals surface area contributed by atoms with Gasteiger partial charge in [0.2, 0.25) is 10.0 Å². The first-order chi connectivity index (χ1) is 9.54. The van der Waals surface area contributed by atoms with Gasteiger partial charge in [-0.2, -0.15) is 0 Å². The number of halogens is 1. The first-order valence-electron chi connectivity index (χ1n) is 6.53. The number of hydrogen-bond acceptors (Lipinski definition) is 4. The minimum atomic E-state index is -4.06. The summed E-state index contributed by atoms with van der Waals surface area (Å²) in [5.41, 5.74) is 0. The smallest absolute Gasteiger partial charge is 0.224 e. The molecule has 0 saturated heterocycles. The van der Waals surface area contributed by atoms with E-state index in [2.05, 4.69) is 4.72 Å². The van der Waals surface area contributed by atoms with Gasteiger partial charge in [0.1, 0.15) is 10.7 Å². The molecule has 0 amide bonds. The predicted octanol–water partition coefficient (Wildman–Crippen LogP) is 1.94. The van der Waals surface area contributed by atoms with Crippen LogP contribution in [0.3, 0.4) is 0 Å². The summed E-state index contributed by atoms with van der Waals surface area (Å²) in [5, 5.41) is 0. The Morgan fingerprint density at radius 1 is 1.19 bits per heavy atom. The number of hydrogen-bond donors (Lipinski definition) is 1. The molecule has 1 rings (SSSR count). The summed E-state index contributed by atoms with van der Waals surface area (Å²) in [6.07, 6.45) is 2.41. The largest absolute Gasteiger partial charge is 0.243 e. The summed E-state index contributed by atoms with van der Waals surface area (Å²) >= 11 is 0. The zero-order valence-electron chi connectivity index (χ0n) is 12.3. The first kappa shape index (κ1) is 18.1. The number of nitrogens with one attached hydrogen (secondary N) is 1. The maximum Gasteiger partial charge on any atom is 0.243 e. The van der Waals surface area contributed by atoms with Crippen molar-refractivity contribution in [3.8, 4) is 0 Å². The SMILES string of the molecule is CC(C)CCCNS(=O)(=O)c1cc(S(C)(=O)=O)ccc1F. The van der Waals surface area contributed by atoms with E-state index in [9.17, 15) is 21.2 Å². The number of benzene rings is 1. The minimum absolute atomic E-state index is 0.184. The van der Waals surface area contributed by atoms with Gasteiger partial charge in [-0.15, -0.1) is 0 Å². The van der Waals surface area contributed by atoms with E-state index in [0.717, 1.165) is 30.9 Å². The molecule has 0 atom stereocenters. The molecule has 0 bridgehead atoms. The molecule has 0 aliphatic rings. The van der Waals surface area contributed by atoms with Crippen molar-refractivity contribution in [2.24, 2.45) is 5.92 Å². The van der Waals surface area contributed by atoms with Crippen LogP contribution in [-0.2, 0) is 19.9 Å². The summed E-state index contributed by atoms with van der Waals surface area (Å²) in [6, 6.07) is 2.73. The highest BCUT2D eigenvalue weighted by Crippen LogP contribution is 2.19. The lowest BCUT2D eigenvalue weighted by Crippen LogP contribution is -2.26. The average Bonchev–Trinajstić information content (AvgIpc) is 2.33. The van der Waals surface area contributed by atoms with Gasteiger partial charge in [-0.3, -0.25) is 0 Å². The molecule has 0 fully saturated rings. The molecule has 0 spiro atoms. The molecule has 1 aromatic rings. The fourth-order valence-electron chi connectivity index (χ4n) is 1.71. The Morgan fingerprint density at radius 3 is 2.33 bits per heavy atom. The van der Waals surface area contributed by atoms with Crippen molar-refractivity contribution in [2.45, 2.75) is 36.5 Å². The minimum Gasteiger partial charge on any atom is -0.224 e. The van der Waals surface area contributed by atoms with E-state index in [1.807, 2.05) is 13.8 Å². The molecule has 120 valence electrons. The van der Waals surface area contributed by atoms with Crippen molar-refractivity contribution in [1.82, 2.24) is 4.72 Å². The highest BCUT2D eigenvalue weighted by atomic mass is 32.2. The van der Waals surface area contributed by atoms with Crippen LogP contribution >= 0.6 is 0 Å². The summed E-state index contributed by atoms with van der Waals surface area (Å²) in [4.78, 5) is -0.874. The molecular formula is C13H20FNO4S2. The van der Waals surface area contributed by atoms with Crippen LogP contribution in [0, 0.1) is 11.7 Å². The third kappa shape index (κ3) is 5.37. The maximum atomic E-state index is 13.7. The van der Waals surface area contributed by atoms with E-state index in [-0.39, 0.29) is 11.4 Å². The van der Waals surface area contributed by atoms with E-state index in [1.54, 1.807) is 0 Å². The zero-order valence-corrected chi connectivity index (χ0v) is 13.9. The van der Waals surface area contributed by atoms with Gasteiger partial charge >= 0.3 is 0 Å². The molecule has 0 heterocycles. The molecule has 0 saturated carbocycles. The van der Waals surface area contributed by atoms with Crippen LogP contribution < -0.4 is 4.72 Å². The van der Waals surface area contributed by atoms with Crippen molar-refractivity contribution in [3.05, 3.63) is 24.0 Å². The standard InChI is InChI=1S/C13H20FNO4S2/c1-10(2)5-4-8-15-21(18,19)13-9-11(20(3,16)17)6-7-12(13)14/h6-7,9-10,15H,4-5,8H2,1-3H3. The highest BCUT2D eigenvalue weighted by Gasteiger charge is 2.21. The van der Waals surface area contributed by atoms with Crippen LogP contribution in [0.25, 0.3) is 0 Å². The Balaban J connectivity index is 2.98. The van der Waals surface area contributed by atoms with Gasteiger partial charge in [0.05, 0.1) is 4.90 Å². The molecular weight excluding hydrogens is 317 g/mol. The fourth-order valence-corrected chi connectivity index (χ4v) is 3.61. The summed E-state index contributed by atoms with van der Waals surface area (Å²) in [5.74, 6) is -0.529. The molecule has 0 radical (unpaired) electrons. The monoisotopic (exact) mass is 337 g/mol. The normalized spacial score (nSPS) is 12.8. The highest BCUT2D eigenvalue weighted by molar-refractivity contribution is 7.91. The van der Waals surface area contributed by atoms with E-state index >= 15 is 0 Å². The van der Waals surface area contributed by atoms with Crippen molar-refractivity contribution < 1.29 is 21.2 Å². The lowest BCUT2D eigenvalue weighted by atomic mass is 10.1. The van der Waals surface area contributed by atoms with Crippen molar-refractivity contribution >= 4 is 19.9 Å². The van der Waals surface area contributed by atoms with Gasteiger partial charge < -0.3 is 0 Å². The lowest BCUT2D eigenvalue weighted by molar-refractivity contribution is 0.532. The third-order valence-electron chi connectivity index (χ3n) is 2.87. The number of rotatable bonds is 7.